The Labute approximate surface area is 104 Å². The van der Waals surface area contributed by atoms with E-state index in [9.17, 15) is 4.39 Å². The van der Waals surface area contributed by atoms with Gasteiger partial charge in [0, 0.05) is 23.6 Å². The van der Waals surface area contributed by atoms with Crippen LogP contribution in [0.2, 0.25) is 0 Å². The number of hydrogen-bond acceptors (Lipinski definition) is 1. The van der Waals surface area contributed by atoms with Crippen molar-refractivity contribution in [2.75, 3.05) is 13.2 Å². The van der Waals surface area contributed by atoms with Gasteiger partial charge in [-0.15, -0.1) is 0 Å². The smallest absolute Gasteiger partial charge is 0.136 e. The lowest BCUT2D eigenvalue weighted by molar-refractivity contribution is -0.00499. The second-order valence-corrected chi connectivity index (χ2v) is 5.38. The van der Waals surface area contributed by atoms with Crippen molar-refractivity contribution in [3.05, 3.63) is 34.3 Å². The normalized spacial score (nSPS) is 21.7. The Kier molecular flexibility index (Phi) is 3.65. The molecule has 0 amide bonds. The van der Waals surface area contributed by atoms with Gasteiger partial charge in [0.25, 0.3) is 0 Å². The quantitative estimate of drug-likeness (QED) is 0.797. The van der Waals surface area contributed by atoms with Gasteiger partial charge in [0.1, 0.15) is 5.67 Å². The molecule has 2 rings (SSSR count). The van der Waals surface area contributed by atoms with Gasteiger partial charge in [-0.2, -0.15) is 0 Å². The zero-order valence-corrected chi connectivity index (χ0v) is 11.0. The van der Waals surface area contributed by atoms with E-state index in [1.165, 1.54) is 0 Å². The van der Waals surface area contributed by atoms with Crippen LogP contribution >= 0.6 is 15.9 Å². The number of rotatable bonds is 2. The second kappa shape index (κ2) is 4.84. The molecule has 0 aromatic heterocycles. The van der Waals surface area contributed by atoms with E-state index in [0.29, 0.717) is 13.2 Å². The molecule has 1 heterocycles. The van der Waals surface area contributed by atoms with Crippen LogP contribution in [0.1, 0.15) is 25.3 Å². The molecule has 1 fully saturated rings. The molecular weight excluding hydrogens is 271 g/mol. The molecule has 1 nitrogen and oxygen atoms in total. The average Bonchev–Trinajstić information content (AvgIpc) is 2.31. The Morgan fingerprint density at radius 3 is 2.38 bits per heavy atom. The van der Waals surface area contributed by atoms with Gasteiger partial charge in [-0.25, -0.2) is 4.39 Å². The van der Waals surface area contributed by atoms with E-state index in [2.05, 4.69) is 15.9 Å². The molecule has 0 N–H and O–H groups in total. The lowest BCUT2D eigenvalue weighted by Crippen LogP contribution is -2.32. The monoisotopic (exact) mass is 286 g/mol. The predicted molar refractivity (Wildman–Crippen MR) is 66.1 cm³/mol. The maximum atomic E-state index is 14.8. The first-order valence-corrected chi connectivity index (χ1v) is 6.42. The highest BCUT2D eigenvalue weighted by molar-refractivity contribution is 9.10. The molecule has 1 saturated heterocycles. The van der Waals surface area contributed by atoms with E-state index in [0.717, 1.165) is 22.9 Å². The predicted octanol–water partition coefficient (Wildman–Crippen LogP) is 4.06. The fraction of sp³-hybridized carbons (Fsp3) is 0.538. The maximum Gasteiger partial charge on any atom is 0.136 e. The lowest BCUT2D eigenvalue weighted by atomic mass is 9.80. The number of hydrogen-bond donors (Lipinski definition) is 0. The van der Waals surface area contributed by atoms with Gasteiger partial charge in [0.05, 0.1) is 0 Å². The molecular formula is C13H16BrFO. The van der Waals surface area contributed by atoms with E-state index >= 15 is 0 Å². The van der Waals surface area contributed by atoms with Crippen molar-refractivity contribution in [3.8, 4) is 0 Å². The highest BCUT2D eigenvalue weighted by Crippen LogP contribution is 2.39. The fourth-order valence-corrected chi connectivity index (χ4v) is 2.52. The number of ether oxygens (including phenoxy) is 1. The van der Waals surface area contributed by atoms with E-state index in [1.54, 1.807) is 6.92 Å². The molecule has 1 atom stereocenters. The van der Waals surface area contributed by atoms with Crippen LogP contribution in [0.25, 0.3) is 0 Å². The summed E-state index contributed by atoms with van der Waals surface area (Å²) in [6, 6.07) is 7.51. The van der Waals surface area contributed by atoms with Crippen LogP contribution in [0.3, 0.4) is 0 Å². The molecule has 1 aliphatic rings. The minimum atomic E-state index is -1.25. The van der Waals surface area contributed by atoms with Crippen molar-refractivity contribution in [2.24, 2.45) is 5.92 Å². The van der Waals surface area contributed by atoms with Crippen molar-refractivity contribution >= 4 is 15.9 Å². The lowest BCUT2D eigenvalue weighted by Gasteiger charge is -2.33. The standard InChI is InChI=1S/C13H16BrFO/c1-13(15,11-6-8-16-9-7-11)10-2-4-12(14)5-3-10/h2-5,11H,6-9H2,1H3. The van der Waals surface area contributed by atoms with Gasteiger partial charge in [-0.1, -0.05) is 28.1 Å². The Morgan fingerprint density at radius 2 is 1.81 bits per heavy atom. The fourth-order valence-electron chi connectivity index (χ4n) is 2.25. The summed E-state index contributed by atoms with van der Waals surface area (Å²) in [5.41, 5.74) is -0.479. The number of benzene rings is 1. The first-order chi connectivity index (χ1) is 7.60. The molecule has 3 heteroatoms. The van der Waals surface area contributed by atoms with Crippen molar-refractivity contribution in [1.29, 1.82) is 0 Å². The summed E-state index contributed by atoms with van der Waals surface area (Å²) < 4.78 is 21.0. The molecule has 0 spiro atoms. The summed E-state index contributed by atoms with van der Waals surface area (Å²) in [6.45, 7) is 3.05. The highest BCUT2D eigenvalue weighted by atomic mass is 79.9. The van der Waals surface area contributed by atoms with Crippen LogP contribution in [0.4, 0.5) is 4.39 Å². The third-order valence-electron chi connectivity index (χ3n) is 3.40. The van der Waals surface area contributed by atoms with Gasteiger partial charge in [-0.05, 0) is 37.5 Å². The van der Waals surface area contributed by atoms with Crippen LogP contribution in [-0.4, -0.2) is 13.2 Å². The number of alkyl halides is 1. The third-order valence-corrected chi connectivity index (χ3v) is 3.93. The van der Waals surface area contributed by atoms with E-state index in [-0.39, 0.29) is 5.92 Å². The van der Waals surface area contributed by atoms with Gasteiger partial charge in [0.15, 0.2) is 0 Å². The van der Waals surface area contributed by atoms with Crippen LogP contribution in [-0.2, 0) is 10.4 Å². The first kappa shape index (κ1) is 12.1. The Balaban J connectivity index is 2.19. The van der Waals surface area contributed by atoms with Crippen LogP contribution in [0.5, 0.6) is 0 Å². The third kappa shape index (κ3) is 2.46. The minimum Gasteiger partial charge on any atom is -0.381 e. The van der Waals surface area contributed by atoms with Gasteiger partial charge in [-0.3, -0.25) is 0 Å². The van der Waals surface area contributed by atoms with Gasteiger partial charge < -0.3 is 4.74 Å². The second-order valence-electron chi connectivity index (χ2n) is 4.47. The summed E-state index contributed by atoms with van der Waals surface area (Å²) >= 11 is 3.37. The Hall–Kier alpha value is -0.410. The van der Waals surface area contributed by atoms with Crippen molar-refractivity contribution in [3.63, 3.8) is 0 Å². The molecule has 0 aliphatic carbocycles. The van der Waals surface area contributed by atoms with Gasteiger partial charge in [0.2, 0.25) is 0 Å². The van der Waals surface area contributed by atoms with E-state index < -0.39 is 5.67 Å². The van der Waals surface area contributed by atoms with Crippen molar-refractivity contribution in [1.82, 2.24) is 0 Å². The van der Waals surface area contributed by atoms with E-state index in [4.69, 9.17) is 4.74 Å². The van der Waals surface area contributed by atoms with E-state index in [1.807, 2.05) is 24.3 Å². The van der Waals surface area contributed by atoms with Crippen LogP contribution < -0.4 is 0 Å². The first-order valence-electron chi connectivity index (χ1n) is 5.63. The molecule has 16 heavy (non-hydrogen) atoms. The molecule has 0 bridgehead atoms. The van der Waals surface area contributed by atoms with Crippen molar-refractivity contribution in [2.45, 2.75) is 25.4 Å². The Bertz CT molecular complexity index is 341. The van der Waals surface area contributed by atoms with Crippen LogP contribution in [0.15, 0.2) is 28.7 Å². The summed E-state index contributed by atoms with van der Waals surface area (Å²) in [4.78, 5) is 0. The Morgan fingerprint density at radius 1 is 1.25 bits per heavy atom. The molecule has 1 aromatic carbocycles. The van der Waals surface area contributed by atoms with Gasteiger partial charge >= 0.3 is 0 Å². The molecule has 1 aliphatic heterocycles. The minimum absolute atomic E-state index is 0.0717. The summed E-state index contributed by atoms with van der Waals surface area (Å²) in [5.74, 6) is 0.0717. The topological polar surface area (TPSA) is 9.23 Å². The summed E-state index contributed by atoms with van der Waals surface area (Å²) in [6.07, 6.45) is 1.62. The number of halogens is 2. The average molecular weight is 287 g/mol. The molecule has 1 unspecified atom stereocenters. The molecule has 0 radical (unpaired) electrons. The zero-order valence-electron chi connectivity index (χ0n) is 9.38. The maximum absolute atomic E-state index is 14.8. The molecule has 1 aromatic rings. The SMILES string of the molecule is CC(F)(c1ccc(Br)cc1)C1CCOCC1. The zero-order chi connectivity index (χ0) is 11.6. The van der Waals surface area contributed by atoms with Crippen molar-refractivity contribution < 1.29 is 9.13 Å². The summed E-state index contributed by atoms with van der Waals surface area (Å²) in [7, 11) is 0. The summed E-state index contributed by atoms with van der Waals surface area (Å²) in [5, 5.41) is 0. The molecule has 88 valence electrons. The molecule has 0 saturated carbocycles. The van der Waals surface area contributed by atoms with Crippen LogP contribution in [0, 0.1) is 5.92 Å². The highest BCUT2D eigenvalue weighted by Gasteiger charge is 2.36. The largest absolute Gasteiger partial charge is 0.381 e.